The fourth-order valence-electron chi connectivity index (χ4n) is 4.44. The van der Waals surface area contributed by atoms with E-state index in [9.17, 15) is 13.2 Å². The second kappa shape index (κ2) is 8.69. The van der Waals surface area contributed by atoms with Crippen molar-refractivity contribution in [1.82, 2.24) is 10.2 Å². The van der Waals surface area contributed by atoms with Gasteiger partial charge in [0.15, 0.2) is 9.84 Å². The topological polar surface area (TPSA) is 84.9 Å². The largest absolute Gasteiger partial charge is 0.496 e. The van der Waals surface area contributed by atoms with E-state index < -0.39 is 9.84 Å². The van der Waals surface area contributed by atoms with E-state index in [1.54, 1.807) is 0 Å². The Morgan fingerprint density at radius 3 is 2.39 bits per heavy atom. The van der Waals surface area contributed by atoms with Gasteiger partial charge in [-0.25, -0.2) is 8.42 Å². The van der Waals surface area contributed by atoms with E-state index in [-0.39, 0.29) is 22.1 Å². The zero-order valence-electron chi connectivity index (χ0n) is 16.9. The van der Waals surface area contributed by atoms with E-state index in [0.29, 0.717) is 24.4 Å². The number of hydrogen-bond acceptors (Lipinski definition) is 6. The third-order valence-electron chi connectivity index (χ3n) is 5.84. The maximum Gasteiger partial charge on any atom is 0.255 e. The Kier molecular flexibility index (Phi) is 6.50. The molecule has 0 spiro atoms. The van der Waals surface area contributed by atoms with Crippen LogP contribution >= 0.6 is 0 Å². The van der Waals surface area contributed by atoms with Crippen molar-refractivity contribution in [2.24, 2.45) is 0 Å². The number of hydrogen-bond donors (Lipinski definition) is 1. The molecule has 1 heterocycles. The lowest BCUT2D eigenvalue weighted by atomic mass is 10.1. The van der Waals surface area contributed by atoms with Crippen molar-refractivity contribution in [3.8, 4) is 11.5 Å². The normalized spacial score (nSPS) is 21.0. The minimum absolute atomic E-state index is 0.0191. The number of sulfone groups is 1. The summed E-state index contributed by atoms with van der Waals surface area (Å²) in [5.41, 5.74) is 0.203. The van der Waals surface area contributed by atoms with Gasteiger partial charge in [-0.3, -0.25) is 9.69 Å². The number of rotatable bonds is 7. The van der Waals surface area contributed by atoms with Crippen molar-refractivity contribution in [1.29, 1.82) is 0 Å². The molecule has 0 aromatic heterocycles. The van der Waals surface area contributed by atoms with Gasteiger partial charge >= 0.3 is 0 Å². The van der Waals surface area contributed by atoms with Crippen LogP contribution in [-0.4, -0.2) is 64.9 Å². The highest BCUT2D eigenvalue weighted by Crippen LogP contribution is 2.33. The molecular weight excluding hydrogens is 380 g/mol. The summed E-state index contributed by atoms with van der Waals surface area (Å²) in [7, 11) is -0.707. The van der Waals surface area contributed by atoms with Crippen molar-refractivity contribution in [2.45, 2.75) is 55.5 Å². The molecule has 1 aromatic carbocycles. The molecule has 3 rings (SSSR count). The molecule has 1 saturated carbocycles. The van der Waals surface area contributed by atoms with Crippen LogP contribution in [0, 0.1) is 0 Å². The summed E-state index contributed by atoms with van der Waals surface area (Å²) in [6.07, 6.45) is 8.39. The molecule has 7 nitrogen and oxygen atoms in total. The van der Waals surface area contributed by atoms with E-state index in [1.165, 1.54) is 52.0 Å². The van der Waals surface area contributed by atoms with Crippen LogP contribution in [0.2, 0.25) is 0 Å². The molecule has 0 radical (unpaired) electrons. The molecule has 28 heavy (non-hydrogen) atoms. The lowest BCUT2D eigenvalue weighted by Gasteiger charge is -2.30. The molecule has 1 N–H and O–H groups in total. The summed E-state index contributed by atoms with van der Waals surface area (Å²) >= 11 is 0. The van der Waals surface area contributed by atoms with Crippen LogP contribution in [-0.2, 0) is 9.84 Å². The summed E-state index contributed by atoms with van der Waals surface area (Å²) in [5, 5.41) is 2.99. The highest BCUT2D eigenvalue weighted by Gasteiger charge is 2.32. The number of nitrogens with one attached hydrogen (secondary N) is 1. The Labute approximate surface area is 167 Å². The predicted octanol–water partition coefficient (Wildman–Crippen LogP) is 2.24. The third kappa shape index (κ3) is 4.43. The summed E-state index contributed by atoms with van der Waals surface area (Å²) in [4.78, 5) is 15.4. The summed E-state index contributed by atoms with van der Waals surface area (Å²) in [5.74, 6) is 0.127. The number of likely N-dealkylation sites (tertiary alicyclic amines) is 1. The van der Waals surface area contributed by atoms with Gasteiger partial charge in [0.25, 0.3) is 5.91 Å². The second-order valence-electron chi connectivity index (χ2n) is 7.66. The van der Waals surface area contributed by atoms with Crippen LogP contribution in [0.25, 0.3) is 0 Å². The van der Waals surface area contributed by atoms with Gasteiger partial charge in [0.1, 0.15) is 16.4 Å². The Morgan fingerprint density at radius 2 is 1.79 bits per heavy atom. The van der Waals surface area contributed by atoms with Crippen LogP contribution in [0.4, 0.5) is 0 Å². The Bertz CT molecular complexity index is 818. The van der Waals surface area contributed by atoms with Crippen molar-refractivity contribution >= 4 is 15.7 Å². The van der Waals surface area contributed by atoms with E-state index in [4.69, 9.17) is 9.47 Å². The smallest absolute Gasteiger partial charge is 0.255 e. The molecule has 156 valence electrons. The van der Waals surface area contributed by atoms with Crippen molar-refractivity contribution < 1.29 is 22.7 Å². The van der Waals surface area contributed by atoms with Crippen molar-refractivity contribution in [2.75, 3.05) is 33.6 Å². The first kappa shape index (κ1) is 20.9. The predicted molar refractivity (Wildman–Crippen MR) is 107 cm³/mol. The molecule has 8 heteroatoms. The summed E-state index contributed by atoms with van der Waals surface area (Å²) in [6, 6.07) is 3.76. The zero-order valence-corrected chi connectivity index (χ0v) is 17.7. The average Bonchev–Trinajstić information content (AvgIpc) is 3.35. The minimum Gasteiger partial charge on any atom is -0.496 e. The number of benzene rings is 1. The fourth-order valence-corrected chi connectivity index (χ4v) is 5.28. The maximum absolute atomic E-state index is 12.8. The van der Waals surface area contributed by atoms with Gasteiger partial charge in [0, 0.05) is 31.0 Å². The second-order valence-corrected chi connectivity index (χ2v) is 9.64. The van der Waals surface area contributed by atoms with Gasteiger partial charge in [-0.2, -0.15) is 0 Å². The Balaban J connectivity index is 1.76. The van der Waals surface area contributed by atoms with Crippen LogP contribution in [0.15, 0.2) is 17.0 Å². The number of nitrogens with zero attached hydrogens (tertiary/aromatic N) is 1. The molecule has 1 saturated heterocycles. The molecule has 1 amide bonds. The van der Waals surface area contributed by atoms with Gasteiger partial charge in [-0.15, -0.1) is 0 Å². The van der Waals surface area contributed by atoms with Gasteiger partial charge in [0.05, 0.1) is 19.8 Å². The lowest BCUT2D eigenvalue weighted by molar-refractivity contribution is 0.0928. The lowest BCUT2D eigenvalue weighted by Crippen LogP contribution is -2.44. The molecule has 2 aliphatic rings. The first-order valence-corrected chi connectivity index (χ1v) is 11.7. The Morgan fingerprint density at radius 1 is 1.11 bits per heavy atom. The van der Waals surface area contributed by atoms with Crippen LogP contribution in [0.1, 0.15) is 48.9 Å². The van der Waals surface area contributed by atoms with Crippen LogP contribution < -0.4 is 14.8 Å². The summed E-state index contributed by atoms with van der Waals surface area (Å²) < 4.78 is 34.6. The average molecular weight is 411 g/mol. The standard InChI is InChI=1S/C20H30N2O5S/c1-26-17-12-18(27-2)19(28(3,24)25)11-16(17)20(23)21-13-15-9-6-10-22(15)14-7-4-5-8-14/h11-12,14-15H,4-10,13H2,1-3H3,(H,21,23). The van der Waals surface area contributed by atoms with Gasteiger partial charge < -0.3 is 14.8 Å². The van der Waals surface area contributed by atoms with Crippen molar-refractivity contribution in [3.05, 3.63) is 17.7 Å². The zero-order chi connectivity index (χ0) is 20.3. The first-order chi connectivity index (χ1) is 13.3. The number of carbonyl (C=O) groups is 1. The van der Waals surface area contributed by atoms with Gasteiger partial charge in [-0.05, 0) is 38.3 Å². The number of methoxy groups -OCH3 is 2. The van der Waals surface area contributed by atoms with Crippen LogP contribution in [0.5, 0.6) is 11.5 Å². The SMILES string of the molecule is COc1cc(OC)c(S(C)(=O)=O)cc1C(=O)NCC1CCCN1C1CCCC1. The number of carbonyl (C=O) groups excluding carboxylic acids is 1. The van der Waals surface area contributed by atoms with E-state index in [0.717, 1.165) is 25.6 Å². The molecule has 1 atom stereocenters. The van der Waals surface area contributed by atoms with E-state index >= 15 is 0 Å². The fraction of sp³-hybridized carbons (Fsp3) is 0.650. The van der Waals surface area contributed by atoms with Crippen LogP contribution in [0.3, 0.4) is 0 Å². The molecule has 1 unspecified atom stereocenters. The monoisotopic (exact) mass is 410 g/mol. The molecular formula is C20H30N2O5S. The Hall–Kier alpha value is -1.80. The first-order valence-electron chi connectivity index (χ1n) is 9.85. The number of amides is 1. The molecule has 1 aromatic rings. The maximum atomic E-state index is 12.8. The molecule has 1 aliphatic carbocycles. The van der Waals surface area contributed by atoms with E-state index in [2.05, 4.69) is 10.2 Å². The number of ether oxygens (including phenoxy) is 2. The highest BCUT2D eigenvalue weighted by molar-refractivity contribution is 7.90. The van der Waals surface area contributed by atoms with E-state index in [1.807, 2.05) is 0 Å². The molecule has 1 aliphatic heterocycles. The van der Waals surface area contributed by atoms with Gasteiger partial charge in [0.2, 0.25) is 0 Å². The minimum atomic E-state index is -3.55. The highest BCUT2D eigenvalue weighted by atomic mass is 32.2. The van der Waals surface area contributed by atoms with Crippen molar-refractivity contribution in [3.63, 3.8) is 0 Å². The quantitative estimate of drug-likeness (QED) is 0.742. The summed E-state index contributed by atoms with van der Waals surface area (Å²) in [6.45, 7) is 1.65. The molecule has 0 bridgehead atoms. The van der Waals surface area contributed by atoms with Gasteiger partial charge in [-0.1, -0.05) is 12.8 Å². The third-order valence-corrected chi connectivity index (χ3v) is 6.96. The molecule has 2 fully saturated rings.